The molecule has 0 aromatic carbocycles. The lowest BCUT2D eigenvalue weighted by atomic mass is 10.2. The molecule has 0 fully saturated rings. The zero-order chi connectivity index (χ0) is 10.1. The Bertz CT molecular complexity index is 331. The summed E-state index contributed by atoms with van der Waals surface area (Å²) >= 11 is 0. The van der Waals surface area contributed by atoms with E-state index in [2.05, 4.69) is 50.1 Å². The van der Waals surface area contributed by atoms with Gasteiger partial charge in [0.1, 0.15) is 0 Å². The number of hydrogen-bond acceptors (Lipinski definition) is 1. The summed E-state index contributed by atoms with van der Waals surface area (Å²) in [7, 11) is 2.18. The first-order valence-electron chi connectivity index (χ1n) is 5.16. The van der Waals surface area contributed by atoms with Crippen molar-refractivity contribution < 1.29 is 0 Å². The van der Waals surface area contributed by atoms with Crippen LogP contribution in [0.3, 0.4) is 0 Å². The van der Waals surface area contributed by atoms with Crippen LogP contribution >= 0.6 is 0 Å². The van der Waals surface area contributed by atoms with Gasteiger partial charge in [-0.1, -0.05) is 24.3 Å². The molecule has 1 nitrogen and oxygen atoms in total. The third-order valence-corrected chi connectivity index (χ3v) is 3.08. The minimum absolute atomic E-state index is 1.08. The molecule has 2 aliphatic carbocycles. The predicted octanol–water partition coefficient (Wildman–Crippen LogP) is 3.39. The zero-order valence-corrected chi connectivity index (χ0v) is 9.17. The topological polar surface area (TPSA) is 3.24 Å². The molecular formula is C13H17N. The highest BCUT2D eigenvalue weighted by Crippen LogP contribution is 2.29. The highest BCUT2D eigenvalue weighted by Gasteiger charge is 2.16. The highest BCUT2D eigenvalue weighted by molar-refractivity contribution is 5.38. The highest BCUT2D eigenvalue weighted by atomic mass is 15.1. The third kappa shape index (κ3) is 1.43. The number of hydrogen-bond donors (Lipinski definition) is 0. The Morgan fingerprint density at radius 2 is 1.36 bits per heavy atom. The summed E-state index contributed by atoms with van der Waals surface area (Å²) < 4.78 is 0. The molecule has 2 aliphatic rings. The molecule has 0 aromatic heterocycles. The van der Waals surface area contributed by atoms with Gasteiger partial charge in [-0.3, -0.25) is 0 Å². The van der Waals surface area contributed by atoms with Gasteiger partial charge in [-0.05, 0) is 25.0 Å². The molecule has 0 saturated heterocycles. The molecule has 14 heavy (non-hydrogen) atoms. The summed E-state index contributed by atoms with van der Waals surface area (Å²) in [6, 6.07) is 0. The Morgan fingerprint density at radius 3 is 1.64 bits per heavy atom. The Morgan fingerprint density at radius 1 is 0.929 bits per heavy atom. The molecule has 0 radical (unpaired) electrons. The quantitative estimate of drug-likeness (QED) is 0.640. The molecule has 1 heteroatoms. The molecular weight excluding hydrogens is 170 g/mol. The molecule has 74 valence electrons. The van der Waals surface area contributed by atoms with Crippen molar-refractivity contribution >= 4 is 0 Å². The van der Waals surface area contributed by atoms with Crippen LogP contribution < -0.4 is 0 Å². The summed E-state index contributed by atoms with van der Waals surface area (Å²) in [5, 5.41) is 0. The van der Waals surface area contributed by atoms with Crippen LogP contribution in [0.1, 0.15) is 26.7 Å². The van der Waals surface area contributed by atoms with E-state index in [-0.39, 0.29) is 0 Å². The summed E-state index contributed by atoms with van der Waals surface area (Å²) in [5.74, 6) is 0. The SMILES string of the molecule is CC1=C(N(C)C2=C(C)C=CC2)CC=C1. The van der Waals surface area contributed by atoms with Gasteiger partial charge in [0.2, 0.25) is 0 Å². The Hall–Kier alpha value is -1.24. The lowest BCUT2D eigenvalue weighted by Crippen LogP contribution is -2.16. The van der Waals surface area contributed by atoms with E-state index in [0.717, 1.165) is 12.8 Å². The van der Waals surface area contributed by atoms with Gasteiger partial charge in [-0.15, -0.1) is 0 Å². The van der Waals surface area contributed by atoms with Crippen LogP contribution in [-0.4, -0.2) is 11.9 Å². The van der Waals surface area contributed by atoms with Gasteiger partial charge < -0.3 is 4.90 Å². The second-order valence-corrected chi connectivity index (χ2v) is 4.03. The Labute approximate surface area is 86.1 Å². The van der Waals surface area contributed by atoms with Crippen molar-refractivity contribution in [2.45, 2.75) is 26.7 Å². The first kappa shape index (κ1) is 9.32. The minimum Gasteiger partial charge on any atom is -0.350 e. The maximum Gasteiger partial charge on any atom is 0.0241 e. The van der Waals surface area contributed by atoms with Gasteiger partial charge >= 0.3 is 0 Å². The second-order valence-electron chi connectivity index (χ2n) is 4.03. The number of rotatable bonds is 2. The van der Waals surface area contributed by atoms with Crippen LogP contribution in [0.25, 0.3) is 0 Å². The fourth-order valence-corrected chi connectivity index (χ4v) is 2.17. The normalized spacial score (nSPS) is 20.2. The smallest absolute Gasteiger partial charge is 0.0241 e. The lowest BCUT2D eigenvalue weighted by molar-refractivity contribution is 0.495. The van der Waals surface area contributed by atoms with E-state index in [0.29, 0.717) is 0 Å². The van der Waals surface area contributed by atoms with Crippen molar-refractivity contribution in [3.8, 4) is 0 Å². The van der Waals surface area contributed by atoms with Crippen molar-refractivity contribution in [3.05, 3.63) is 46.8 Å². The van der Waals surface area contributed by atoms with Crippen molar-refractivity contribution in [1.29, 1.82) is 0 Å². The van der Waals surface area contributed by atoms with Crippen molar-refractivity contribution in [2.75, 3.05) is 7.05 Å². The predicted molar refractivity (Wildman–Crippen MR) is 60.7 cm³/mol. The van der Waals surface area contributed by atoms with Gasteiger partial charge in [-0.2, -0.15) is 0 Å². The monoisotopic (exact) mass is 187 g/mol. The van der Waals surface area contributed by atoms with Crippen LogP contribution in [0.15, 0.2) is 46.8 Å². The van der Waals surface area contributed by atoms with Crippen molar-refractivity contribution in [1.82, 2.24) is 4.90 Å². The fourth-order valence-electron chi connectivity index (χ4n) is 2.17. The Balaban J connectivity index is 2.22. The van der Waals surface area contributed by atoms with Gasteiger partial charge in [0.25, 0.3) is 0 Å². The summed E-state index contributed by atoms with van der Waals surface area (Å²) in [5.41, 5.74) is 5.70. The first-order valence-corrected chi connectivity index (χ1v) is 5.16. The summed E-state index contributed by atoms with van der Waals surface area (Å²) in [4.78, 5) is 2.35. The average Bonchev–Trinajstić information content (AvgIpc) is 2.73. The van der Waals surface area contributed by atoms with Gasteiger partial charge in [0.05, 0.1) is 0 Å². The third-order valence-electron chi connectivity index (χ3n) is 3.08. The maximum absolute atomic E-state index is 2.35. The first-order chi connectivity index (χ1) is 6.70. The number of nitrogens with zero attached hydrogens (tertiary/aromatic N) is 1. The molecule has 2 rings (SSSR count). The van der Waals surface area contributed by atoms with Crippen LogP contribution in [0.5, 0.6) is 0 Å². The van der Waals surface area contributed by atoms with Crippen LogP contribution in [-0.2, 0) is 0 Å². The zero-order valence-electron chi connectivity index (χ0n) is 9.17. The largest absolute Gasteiger partial charge is 0.350 e. The molecule has 0 heterocycles. The molecule has 0 amide bonds. The second kappa shape index (κ2) is 3.49. The fraction of sp³-hybridized carbons (Fsp3) is 0.385. The molecule has 0 aromatic rings. The lowest BCUT2D eigenvalue weighted by Gasteiger charge is -2.24. The molecule has 0 saturated carbocycles. The van der Waals surface area contributed by atoms with Gasteiger partial charge in [0.15, 0.2) is 0 Å². The average molecular weight is 187 g/mol. The van der Waals surface area contributed by atoms with Crippen LogP contribution in [0, 0.1) is 0 Å². The van der Waals surface area contributed by atoms with E-state index in [1.165, 1.54) is 22.5 Å². The summed E-state index contributed by atoms with van der Waals surface area (Å²) in [6.07, 6.45) is 11.1. The van der Waals surface area contributed by atoms with Gasteiger partial charge in [-0.25, -0.2) is 0 Å². The molecule has 0 N–H and O–H groups in total. The van der Waals surface area contributed by atoms with E-state index in [1.54, 1.807) is 0 Å². The van der Waals surface area contributed by atoms with Gasteiger partial charge in [0, 0.05) is 31.3 Å². The van der Waals surface area contributed by atoms with E-state index in [4.69, 9.17) is 0 Å². The van der Waals surface area contributed by atoms with E-state index in [1.807, 2.05) is 0 Å². The minimum atomic E-state index is 1.08. The van der Waals surface area contributed by atoms with E-state index in [9.17, 15) is 0 Å². The van der Waals surface area contributed by atoms with Crippen LogP contribution in [0.2, 0.25) is 0 Å². The standard InChI is InChI=1S/C13H17N/c1-10-6-4-8-12(10)14(3)13-9-5-7-11(13)2/h4-7H,8-9H2,1-3H3. The van der Waals surface area contributed by atoms with E-state index < -0.39 is 0 Å². The van der Waals surface area contributed by atoms with Crippen molar-refractivity contribution in [2.24, 2.45) is 0 Å². The molecule has 0 atom stereocenters. The van der Waals surface area contributed by atoms with E-state index >= 15 is 0 Å². The maximum atomic E-state index is 2.35. The van der Waals surface area contributed by atoms with Crippen LogP contribution in [0.4, 0.5) is 0 Å². The molecule has 0 unspecified atom stereocenters. The Kier molecular flexibility index (Phi) is 2.32. The molecule has 0 aliphatic heterocycles. The number of allylic oxidation sites excluding steroid dienone is 6. The summed E-state index contributed by atoms with van der Waals surface area (Å²) in [6.45, 7) is 4.38. The molecule has 0 bridgehead atoms. The molecule has 0 spiro atoms. The van der Waals surface area contributed by atoms with Crippen molar-refractivity contribution in [3.63, 3.8) is 0 Å².